The van der Waals surface area contributed by atoms with E-state index in [9.17, 15) is 9.59 Å². The molecule has 0 aliphatic heterocycles. The number of para-hydroxylation sites is 1. The Balaban J connectivity index is 2.28. The van der Waals surface area contributed by atoms with Crippen LogP contribution in [0.3, 0.4) is 0 Å². The molecule has 0 atom stereocenters. The number of fused-ring (bicyclic) bond motifs is 1. The minimum absolute atomic E-state index is 0.375. The quantitative estimate of drug-likeness (QED) is 0.589. The van der Waals surface area contributed by atoms with Crippen LogP contribution in [0, 0.1) is 6.92 Å². The van der Waals surface area contributed by atoms with E-state index in [1.54, 1.807) is 4.90 Å². The van der Waals surface area contributed by atoms with E-state index in [0.717, 1.165) is 42.3 Å². The van der Waals surface area contributed by atoms with Crippen LogP contribution < -0.4 is 0 Å². The fourth-order valence-corrected chi connectivity index (χ4v) is 2.83. The summed E-state index contributed by atoms with van der Waals surface area (Å²) in [6, 6.07) is 7.63. The lowest BCUT2D eigenvalue weighted by molar-refractivity contribution is -0.126. The number of hydrogen-bond acceptors (Lipinski definition) is 2. The summed E-state index contributed by atoms with van der Waals surface area (Å²) >= 11 is 0. The second-order valence-electron chi connectivity index (χ2n) is 6.00. The molecule has 0 aliphatic rings. The molecule has 4 nitrogen and oxygen atoms in total. The molecule has 1 N–H and O–H groups in total. The fourth-order valence-electron chi connectivity index (χ4n) is 2.83. The summed E-state index contributed by atoms with van der Waals surface area (Å²) in [5.41, 5.74) is 2.17. The van der Waals surface area contributed by atoms with Crippen LogP contribution in [0.2, 0.25) is 0 Å². The minimum atomic E-state index is -0.396. The second-order valence-corrected chi connectivity index (χ2v) is 6.00. The number of unbranched alkanes of at least 4 members (excludes halogenated alkanes) is 2. The Bertz CT molecular complexity index is 680. The normalized spacial score (nSPS) is 10.9. The van der Waals surface area contributed by atoms with Gasteiger partial charge in [0, 0.05) is 29.7 Å². The van der Waals surface area contributed by atoms with E-state index in [2.05, 4.69) is 18.8 Å². The maximum absolute atomic E-state index is 12.8. The molecule has 0 radical (unpaired) electrons. The van der Waals surface area contributed by atoms with Crippen LogP contribution in [0.5, 0.6) is 0 Å². The second kappa shape index (κ2) is 7.95. The number of rotatable bonds is 8. The molecule has 0 aliphatic carbocycles. The largest absolute Gasteiger partial charge is 0.358 e. The number of carbonyl (C=O) groups excluding carboxylic acids is 2. The molecular weight excluding hydrogens is 288 g/mol. The van der Waals surface area contributed by atoms with E-state index in [-0.39, 0.29) is 5.91 Å². The van der Waals surface area contributed by atoms with Crippen molar-refractivity contribution in [2.45, 2.75) is 46.5 Å². The van der Waals surface area contributed by atoms with Gasteiger partial charge in [-0.15, -0.1) is 0 Å². The summed E-state index contributed by atoms with van der Waals surface area (Å²) in [6.07, 6.45) is 3.87. The number of nitrogens with one attached hydrogen (secondary N) is 1. The topological polar surface area (TPSA) is 53.2 Å². The van der Waals surface area contributed by atoms with E-state index in [1.807, 2.05) is 31.2 Å². The van der Waals surface area contributed by atoms with E-state index < -0.39 is 5.78 Å². The number of amides is 1. The van der Waals surface area contributed by atoms with Crippen molar-refractivity contribution in [2.75, 3.05) is 13.1 Å². The molecule has 2 rings (SSSR count). The lowest BCUT2D eigenvalue weighted by Crippen LogP contribution is -2.38. The third-order valence-corrected chi connectivity index (χ3v) is 4.17. The number of H-pyrrole nitrogens is 1. The van der Waals surface area contributed by atoms with Gasteiger partial charge in [-0.1, -0.05) is 44.9 Å². The third-order valence-electron chi connectivity index (χ3n) is 4.17. The third kappa shape index (κ3) is 3.81. The van der Waals surface area contributed by atoms with Gasteiger partial charge in [-0.25, -0.2) is 0 Å². The predicted octanol–water partition coefficient (Wildman–Crippen LogP) is 4.09. The molecule has 23 heavy (non-hydrogen) atoms. The molecular formula is C19H26N2O2. The molecule has 124 valence electrons. The maximum atomic E-state index is 12.8. The molecule has 0 saturated carbocycles. The van der Waals surface area contributed by atoms with Gasteiger partial charge in [-0.05, 0) is 25.8 Å². The summed E-state index contributed by atoms with van der Waals surface area (Å²) in [5.74, 6) is -0.771. The smallest absolute Gasteiger partial charge is 0.295 e. The van der Waals surface area contributed by atoms with E-state index in [0.29, 0.717) is 18.7 Å². The average Bonchev–Trinajstić information content (AvgIpc) is 2.89. The molecule has 0 unspecified atom stereocenters. The lowest BCUT2D eigenvalue weighted by Gasteiger charge is -2.21. The lowest BCUT2D eigenvalue weighted by atomic mass is 10.1. The number of Topliss-reactive ketones (excluding diaryl/α,β-unsaturated/α-hetero) is 1. The monoisotopic (exact) mass is 314 g/mol. The summed E-state index contributed by atoms with van der Waals surface area (Å²) in [4.78, 5) is 30.4. The van der Waals surface area contributed by atoms with Gasteiger partial charge in [0.1, 0.15) is 0 Å². The van der Waals surface area contributed by atoms with Crippen LogP contribution in [0.4, 0.5) is 0 Å². The first-order chi connectivity index (χ1) is 11.1. The average molecular weight is 314 g/mol. The highest BCUT2D eigenvalue weighted by molar-refractivity contribution is 6.45. The number of benzene rings is 1. The Labute approximate surface area is 137 Å². The molecule has 0 fully saturated rings. The van der Waals surface area contributed by atoms with Gasteiger partial charge in [-0.2, -0.15) is 0 Å². The molecule has 1 aromatic carbocycles. The Kier molecular flexibility index (Phi) is 5.97. The van der Waals surface area contributed by atoms with E-state index >= 15 is 0 Å². The van der Waals surface area contributed by atoms with Crippen molar-refractivity contribution >= 4 is 22.6 Å². The fraction of sp³-hybridized carbons (Fsp3) is 0.474. The molecule has 1 aromatic heterocycles. The van der Waals surface area contributed by atoms with Crippen molar-refractivity contribution in [3.8, 4) is 0 Å². The number of nitrogens with zero attached hydrogens (tertiary/aromatic N) is 1. The number of ketones is 1. The first kappa shape index (κ1) is 17.3. The highest BCUT2D eigenvalue weighted by atomic mass is 16.2. The van der Waals surface area contributed by atoms with Gasteiger partial charge in [0.25, 0.3) is 11.7 Å². The zero-order valence-electron chi connectivity index (χ0n) is 14.3. The molecule has 0 saturated heterocycles. The summed E-state index contributed by atoms with van der Waals surface area (Å²) in [7, 11) is 0. The van der Waals surface area contributed by atoms with E-state index in [4.69, 9.17) is 0 Å². The van der Waals surface area contributed by atoms with E-state index in [1.165, 1.54) is 0 Å². The van der Waals surface area contributed by atoms with Crippen molar-refractivity contribution in [1.29, 1.82) is 0 Å². The Morgan fingerprint density at radius 1 is 1.04 bits per heavy atom. The highest BCUT2D eigenvalue weighted by Crippen LogP contribution is 2.23. The van der Waals surface area contributed by atoms with Crippen molar-refractivity contribution in [2.24, 2.45) is 0 Å². The van der Waals surface area contributed by atoms with Crippen LogP contribution in [0.25, 0.3) is 10.9 Å². The standard InChI is InChI=1S/C19H26N2O2/c1-4-6-12-21(13-7-5-2)19(23)18(22)17-14(3)20-16-11-9-8-10-15(16)17/h8-11,20H,4-7,12-13H2,1-3H3. The summed E-state index contributed by atoms with van der Waals surface area (Å²) < 4.78 is 0. The predicted molar refractivity (Wildman–Crippen MR) is 93.8 cm³/mol. The Morgan fingerprint density at radius 2 is 1.65 bits per heavy atom. The Morgan fingerprint density at radius 3 is 2.26 bits per heavy atom. The van der Waals surface area contributed by atoms with Crippen molar-refractivity contribution in [3.05, 3.63) is 35.5 Å². The molecule has 0 bridgehead atoms. The van der Waals surface area contributed by atoms with Crippen LogP contribution >= 0.6 is 0 Å². The number of aromatic amines is 1. The minimum Gasteiger partial charge on any atom is -0.358 e. The van der Waals surface area contributed by atoms with Gasteiger partial charge in [0.2, 0.25) is 0 Å². The number of carbonyl (C=O) groups is 2. The highest BCUT2D eigenvalue weighted by Gasteiger charge is 2.26. The van der Waals surface area contributed by atoms with Gasteiger partial charge < -0.3 is 9.88 Å². The molecule has 0 spiro atoms. The number of aryl methyl sites for hydroxylation is 1. The van der Waals surface area contributed by atoms with Crippen LogP contribution in [-0.2, 0) is 4.79 Å². The SMILES string of the molecule is CCCCN(CCCC)C(=O)C(=O)c1c(C)[nH]c2ccccc12. The summed E-state index contributed by atoms with van der Waals surface area (Å²) in [6.45, 7) is 7.34. The zero-order chi connectivity index (χ0) is 16.8. The van der Waals surface area contributed by atoms with Crippen LogP contribution in [0.1, 0.15) is 55.6 Å². The summed E-state index contributed by atoms with van der Waals surface area (Å²) in [5, 5.41) is 0.828. The molecule has 2 aromatic rings. The maximum Gasteiger partial charge on any atom is 0.295 e. The van der Waals surface area contributed by atoms with Gasteiger partial charge >= 0.3 is 0 Å². The zero-order valence-corrected chi connectivity index (χ0v) is 14.3. The molecule has 4 heteroatoms. The van der Waals surface area contributed by atoms with Crippen molar-refractivity contribution < 1.29 is 9.59 Å². The first-order valence-corrected chi connectivity index (χ1v) is 8.51. The molecule has 1 heterocycles. The van der Waals surface area contributed by atoms with Crippen LogP contribution in [0.15, 0.2) is 24.3 Å². The van der Waals surface area contributed by atoms with Crippen molar-refractivity contribution in [1.82, 2.24) is 9.88 Å². The first-order valence-electron chi connectivity index (χ1n) is 8.51. The molecule has 1 amide bonds. The van der Waals surface area contributed by atoms with Crippen molar-refractivity contribution in [3.63, 3.8) is 0 Å². The number of hydrogen-bond donors (Lipinski definition) is 1. The Hall–Kier alpha value is -2.10. The van der Waals surface area contributed by atoms with Gasteiger partial charge in [0.05, 0.1) is 5.56 Å². The number of aromatic nitrogens is 1. The van der Waals surface area contributed by atoms with Gasteiger partial charge in [0.15, 0.2) is 0 Å². The van der Waals surface area contributed by atoms with Gasteiger partial charge in [-0.3, -0.25) is 9.59 Å². The van der Waals surface area contributed by atoms with Crippen LogP contribution in [-0.4, -0.2) is 34.7 Å².